The van der Waals surface area contributed by atoms with Gasteiger partial charge in [-0.1, -0.05) is 277 Å². The number of carbonyl (C=O) groups excluding carboxylic acids is 4. The highest BCUT2D eigenvalue weighted by Gasteiger charge is 2.30. The molecule has 19 heteroatoms. The van der Waals surface area contributed by atoms with Crippen LogP contribution >= 0.6 is 15.6 Å². The second kappa shape index (κ2) is 72.5. The minimum Gasteiger partial charge on any atom is -0.462 e. The summed E-state index contributed by atoms with van der Waals surface area (Å²) >= 11 is 0. The number of phosphoric acid groups is 2. The third-order valence-corrected chi connectivity index (χ3v) is 17.5. The molecule has 0 radical (unpaired) electrons. The Bertz CT molecular complexity index is 2420. The van der Waals surface area contributed by atoms with Gasteiger partial charge in [-0.05, 0) is 128 Å². The smallest absolute Gasteiger partial charge is 0.462 e. The summed E-state index contributed by atoms with van der Waals surface area (Å²) in [6.45, 7) is 4.50. The van der Waals surface area contributed by atoms with Crippen molar-refractivity contribution in [3.63, 3.8) is 0 Å². The number of carbonyl (C=O) groups is 4. The molecule has 0 aliphatic carbocycles. The summed E-state index contributed by atoms with van der Waals surface area (Å²) in [5.41, 5.74) is 0. The van der Waals surface area contributed by atoms with Crippen LogP contribution in [0.2, 0.25) is 0 Å². The largest absolute Gasteiger partial charge is 0.472 e. The Morgan fingerprint density at radius 2 is 0.540 bits per heavy atom. The van der Waals surface area contributed by atoms with Gasteiger partial charge in [-0.3, -0.25) is 37.3 Å². The van der Waals surface area contributed by atoms with Crippen LogP contribution in [0.3, 0.4) is 0 Å². The van der Waals surface area contributed by atoms with Crippen LogP contribution in [0.25, 0.3) is 0 Å². The molecule has 3 N–H and O–H groups in total. The molecule has 0 rings (SSSR count). The van der Waals surface area contributed by atoms with E-state index in [-0.39, 0.29) is 25.7 Å². The molecule has 17 nitrogen and oxygen atoms in total. The number of aliphatic hydroxyl groups is 1. The SMILES string of the molecule is CC/C=C\C/C=C\C/C=C\C/C=C\C/C=C\C/C=C\CCC(=O)OCC(COP(=O)(O)OCC(O)COP(=O)(O)OCC(COC(=O)CCCCCC/C=C\C/C=C\C/C=C\C/C=C\CC)OC(=O)CCCCCCC/C=C\CCCCCC)OC(=O)CCCCCCCCCCCCC. The topological polar surface area (TPSA) is 237 Å². The van der Waals surface area contributed by atoms with E-state index >= 15 is 0 Å². The Morgan fingerprint density at radius 3 is 0.880 bits per heavy atom. The first-order chi connectivity index (χ1) is 48.7. The molecule has 0 aromatic rings. The van der Waals surface area contributed by atoms with Crippen molar-refractivity contribution in [3.8, 4) is 0 Å². The fourth-order valence-corrected chi connectivity index (χ4v) is 11.4. The number of unbranched alkanes of at least 4 members (excludes halogenated alkanes) is 23. The molecule has 0 amide bonds. The molecule has 5 unspecified atom stereocenters. The van der Waals surface area contributed by atoms with Crippen LogP contribution in [0.1, 0.15) is 297 Å². The summed E-state index contributed by atoms with van der Waals surface area (Å²) in [6.07, 6.45) is 80.3. The lowest BCUT2D eigenvalue weighted by Gasteiger charge is -2.21. The molecular formula is C81H136O17P2. The number of ether oxygens (including phenoxy) is 4. The lowest BCUT2D eigenvalue weighted by atomic mass is 10.1. The standard InChI is InChI=1S/C81H136O17P2/c1-5-9-13-17-21-25-29-32-34-36-37-39-41-44-47-50-54-58-62-66-78(83)91-71-76(97-80(85)67-63-59-55-51-45-28-24-20-16-12-8-4)73-95-99(87,88)93-69-75(82)70-94-100(89,90)96-74-77(98-81(86)68-64-60-56-52-48-42-31-27-23-19-15-11-7-3)72-92-79(84)65-61-57-53-49-46-43-40-38-35-33-30-26-22-18-14-10-6-2/h9-10,13-14,21-22,25-27,31-35,37,39-40,43-44,47,54,58,75-77,82H,5-8,11-12,15-20,23-24,28-30,36,38,41-42,45-46,48-53,55-57,59-74H2,1-4H3,(H,87,88)(H,89,90)/b13-9-,14-10-,25-21-,26-22-,31-27-,34-32-,35-33-,39-37-,43-40-,47-44-,58-54-. The first kappa shape index (κ1) is 95.2. The van der Waals surface area contributed by atoms with Gasteiger partial charge in [0, 0.05) is 25.7 Å². The van der Waals surface area contributed by atoms with Gasteiger partial charge in [0.05, 0.1) is 26.4 Å². The molecule has 0 saturated carbocycles. The first-order valence-corrected chi connectivity index (χ1v) is 41.4. The van der Waals surface area contributed by atoms with Gasteiger partial charge < -0.3 is 33.8 Å². The Labute approximate surface area is 605 Å². The molecule has 0 saturated heterocycles. The van der Waals surface area contributed by atoms with E-state index in [4.69, 9.17) is 37.0 Å². The van der Waals surface area contributed by atoms with Crippen LogP contribution in [0.4, 0.5) is 0 Å². The third-order valence-electron chi connectivity index (χ3n) is 15.6. The van der Waals surface area contributed by atoms with Gasteiger partial charge in [-0.25, -0.2) is 9.13 Å². The van der Waals surface area contributed by atoms with E-state index in [9.17, 15) is 43.2 Å². The van der Waals surface area contributed by atoms with Crippen LogP contribution < -0.4 is 0 Å². The molecule has 0 aliphatic rings. The molecule has 0 heterocycles. The van der Waals surface area contributed by atoms with Crippen molar-refractivity contribution in [2.24, 2.45) is 0 Å². The van der Waals surface area contributed by atoms with E-state index in [1.165, 1.54) is 64.2 Å². The van der Waals surface area contributed by atoms with Gasteiger partial charge in [-0.2, -0.15) is 0 Å². The Morgan fingerprint density at radius 1 is 0.290 bits per heavy atom. The highest BCUT2D eigenvalue weighted by molar-refractivity contribution is 7.47. The molecule has 5 atom stereocenters. The maximum Gasteiger partial charge on any atom is 0.472 e. The Balaban J connectivity index is 5.39. The summed E-state index contributed by atoms with van der Waals surface area (Å²) in [5, 5.41) is 10.6. The highest BCUT2D eigenvalue weighted by atomic mass is 31.2. The van der Waals surface area contributed by atoms with Gasteiger partial charge in [0.25, 0.3) is 0 Å². The second-order valence-electron chi connectivity index (χ2n) is 25.2. The van der Waals surface area contributed by atoms with E-state index in [2.05, 4.69) is 143 Å². The number of esters is 4. The van der Waals surface area contributed by atoms with Gasteiger partial charge >= 0.3 is 39.5 Å². The van der Waals surface area contributed by atoms with Crippen molar-refractivity contribution < 1.29 is 80.2 Å². The van der Waals surface area contributed by atoms with E-state index in [1.807, 2.05) is 18.2 Å². The van der Waals surface area contributed by atoms with Gasteiger partial charge in [0.1, 0.15) is 19.3 Å². The highest BCUT2D eigenvalue weighted by Crippen LogP contribution is 2.45. The number of allylic oxidation sites excluding steroid dienone is 22. The zero-order valence-corrected chi connectivity index (χ0v) is 64.1. The predicted molar refractivity (Wildman–Crippen MR) is 408 cm³/mol. The normalized spacial score (nSPS) is 14.7. The first-order valence-electron chi connectivity index (χ1n) is 38.4. The van der Waals surface area contributed by atoms with Crippen LogP contribution in [0.5, 0.6) is 0 Å². The van der Waals surface area contributed by atoms with Gasteiger partial charge in [0.2, 0.25) is 0 Å². The Hall–Kier alpha value is -4.80. The van der Waals surface area contributed by atoms with Gasteiger partial charge in [-0.15, -0.1) is 0 Å². The quantitative estimate of drug-likeness (QED) is 0.0169. The van der Waals surface area contributed by atoms with Crippen LogP contribution in [-0.2, 0) is 65.4 Å². The monoisotopic (exact) mass is 1440 g/mol. The molecule has 0 bridgehead atoms. The summed E-state index contributed by atoms with van der Waals surface area (Å²) in [4.78, 5) is 72.8. The summed E-state index contributed by atoms with van der Waals surface area (Å²) in [5.74, 6) is -2.31. The lowest BCUT2D eigenvalue weighted by Crippen LogP contribution is -2.30. The average Bonchev–Trinajstić information content (AvgIpc) is 1.02. The minimum absolute atomic E-state index is 0.0348. The van der Waals surface area contributed by atoms with Crippen molar-refractivity contribution in [1.82, 2.24) is 0 Å². The zero-order chi connectivity index (χ0) is 73.2. The Kier molecular flexibility index (Phi) is 69.1. The zero-order valence-electron chi connectivity index (χ0n) is 62.3. The molecule has 0 aromatic heterocycles. The van der Waals surface area contributed by atoms with Crippen molar-refractivity contribution >= 4 is 39.5 Å². The molecule has 0 aromatic carbocycles. The molecule has 0 spiro atoms. The molecule has 100 heavy (non-hydrogen) atoms. The summed E-state index contributed by atoms with van der Waals surface area (Å²) in [6, 6.07) is 0. The molecule has 0 fully saturated rings. The lowest BCUT2D eigenvalue weighted by molar-refractivity contribution is -0.161. The molecule has 572 valence electrons. The van der Waals surface area contributed by atoms with Gasteiger partial charge in [0.15, 0.2) is 12.2 Å². The van der Waals surface area contributed by atoms with Crippen molar-refractivity contribution in [3.05, 3.63) is 134 Å². The number of phosphoric ester groups is 2. The second-order valence-corrected chi connectivity index (χ2v) is 28.1. The van der Waals surface area contributed by atoms with Crippen LogP contribution in [0, 0.1) is 0 Å². The molecular weight excluding hydrogens is 1310 g/mol. The van der Waals surface area contributed by atoms with E-state index in [0.717, 1.165) is 148 Å². The van der Waals surface area contributed by atoms with Crippen LogP contribution in [0.15, 0.2) is 134 Å². The van der Waals surface area contributed by atoms with Crippen molar-refractivity contribution in [2.75, 3.05) is 39.6 Å². The number of hydrogen-bond donors (Lipinski definition) is 3. The number of hydrogen-bond acceptors (Lipinski definition) is 15. The summed E-state index contributed by atoms with van der Waals surface area (Å²) in [7, 11) is -9.98. The fourth-order valence-electron chi connectivity index (χ4n) is 9.82. The van der Waals surface area contributed by atoms with E-state index in [0.29, 0.717) is 32.1 Å². The van der Waals surface area contributed by atoms with Crippen LogP contribution in [-0.4, -0.2) is 96.7 Å². The van der Waals surface area contributed by atoms with E-state index in [1.54, 1.807) is 0 Å². The average molecular weight is 1440 g/mol. The minimum atomic E-state index is -4.99. The number of rotatable bonds is 71. The maximum atomic E-state index is 13.1. The predicted octanol–water partition coefficient (Wildman–Crippen LogP) is 22.1. The number of aliphatic hydroxyl groups excluding tert-OH is 1. The van der Waals surface area contributed by atoms with E-state index < -0.39 is 97.5 Å². The third kappa shape index (κ3) is 71.6. The van der Waals surface area contributed by atoms with Crippen molar-refractivity contribution in [1.29, 1.82) is 0 Å². The maximum absolute atomic E-state index is 13.1. The summed E-state index contributed by atoms with van der Waals surface area (Å²) < 4.78 is 68.3. The molecule has 0 aliphatic heterocycles. The fraction of sp³-hybridized carbons (Fsp3) is 0.679. The van der Waals surface area contributed by atoms with Crippen molar-refractivity contribution in [2.45, 2.75) is 316 Å².